The van der Waals surface area contributed by atoms with Crippen LogP contribution in [-0.2, 0) is 11.2 Å². The number of carbonyl (C=O) groups is 1. The molecule has 0 aliphatic carbocycles. The summed E-state index contributed by atoms with van der Waals surface area (Å²) in [5.41, 5.74) is 6.84. The van der Waals surface area contributed by atoms with Crippen molar-refractivity contribution in [3.63, 3.8) is 0 Å². The average Bonchev–Trinajstić information content (AvgIpc) is 3.25. The minimum Gasteiger partial charge on any atom is -0.481 e. The van der Waals surface area contributed by atoms with Gasteiger partial charge in [0.15, 0.2) is 0 Å². The van der Waals surface area contributed by atoms with Crippen LogP contribution in [0.4, 0.5) is 0 Å². The quantitative estimate of drug-likeness (QED) is 0.366. The van der Waals surface area contributed by atoms with Gasteiger partial charge in [-0.2, -0.15) is 4.98 Å². The highest BCUT2D eigenvalue weighted by atomic mass is 35.5. The highest BCUT2D eigenvalue weighted by Gasteiger charge is 2.15. The van der Waals surface area contributed by atoms with Gasteiger partial charge in [-0.3, -0.25) is 9.78 Å². The first-order chi connectivity index (χ1) is 15.4. The molecule has 0 aliphatic heterocycles. The van der Waals surface area contributed by atoms with Crippen LogP contribution in [0.15, 0.2) is 59.3 Å². The van der Waals surface area contributed by atoms with E-state index in [1.165, 1.54) is 16.7 Å². The molecule has 32 heavy (non-hydrogen) atoms. The first kappa shape index (κ1) is 21.7. The number of rotatable bonds is 7. The number of nitrogens with zero attached hydrogens (tertiary/aromatic N) is 3. The smallest absolute Gasteiger partial charge is 0.303 e. The van der Waals surface area contributed by atoms with Gasteiger partial charge < -0.3 is 9.63 Å². The lowest BCUT2D eigenvalue weighted by Crippen LogP contribution is -1.98. The van der Waals surface area contributed by atoms with Crippen LogP contribution in [0, 0.1) is 13.8 Å². The minimum atomic E-state index is -0.834. The second-order valence-electron chi connectivity index (χ2n) is 7.67. The molecule has 0 saturated carbocycles. The first-order valence-corrected chi connectivity index (χ1v) is 10.7. The zero-order chi connectivity index (χ0) is 22.7. The van der Waals surface area contributed by atoms with Crippen molar-refractivity contribution in [3.05, 3.63) is 76.6 Å². The molecule has 2 aromatic heterocycles. The molecule has 0 fully saturated rings. The third-order valence-electron chi connectivity index (χ3n) is 5.31. The van der Waals surface area contributed by atoms with E-state index in [-0.39, 0.29) is 6.42 Å². The molecule has 4 rings (SSSR count). The topological polar surface area (TPSA) is 89.1 Å². The van der Waals surface area contributed by atoms with Gasteiger partial charge in [-0.05, 0) is 67.1 Å². The fourth-order valence-electron chi connectivity index (χ4n) is 3.61. The van der Waals surface area contributed by atoms with Crippen molar-refractivity contribution < 1.29 is 14.4 Å². The molecular formula is C25H22ClN3O3. The molecule has 0 amide bonds. The third kappa shape index (κ3) is 4.70. The van der Waals surface area contributed by atoms with Gasteiger partial charge in [-0.15, -0.1) is 0 Å². The van der Waals surface area contributed by atoms with Crippen molar-refractivity contribution >= 4 is 17.6 Å². The number of halogens is 1. The van der Waals surface area contributed by atoms with Crippen LogP contribution in [0.1, 0.15) is 29.7 Å². The number of pyridine rings is 1. The van der Waals surface area contributed by atoms with Crippen LogP contribution in [0.5, 0.6) is 0 Å². The second-order valence-corrected chi connectivity index (χ2v) is 8.07. The van der Waals surface area contributed by atoms with Crippen molar-refractivity contribution in [2.45, 2.75) is 33.1 Å². The summed E-state index contributed by atoms with van der Waals surface area (Å²) in [4.78, 5) is 19.5. The fraction of sp³-hybridized carbons (Fsp3) is 0.200. The standard InChI is InChI=1S/C25H22ClN3O3/c1-15-6-3-4-7-19(15)20-11-10-17(12-16(20)2)25-28-24(29-32-25)18-13-21(26)22(27-14-18)8-5-9-23(30)31/h3-4,6-7,10-14H,5,8-9H2,1-2H3,(H,30,31). The molecule has 2 aromatic carbocycles. The van der Waals surface area contributed by atoms with Crippen LogP contribution >= 0.6 is 11.6 Å². The zero-order valence-electron chi connectivity index (χ0n) is 17.8. The summed E-state index contributed by atoms with van der Waals surface area (Å²) in [6, 6.07) is 16.1. The lowest BCUT2D eigenvalue weighted by Gasteiger charge is -2.10. The Labute approximate surface area is 190 Å². The van der Waals surface area contributed by atoms with E-state index >= 15 is 0 Å². The van der Waals surface area contributed by atoms with Crippen LogP contribution in [-0.4, -0.2) is 26.2 Å². The third-order valence-corrected chi connectivity index (χ3v) is 5.64. The summed E-state index contributed by atoms with van der Waals surface area (Å²) >= 11 is 6.33. The molecule has 1 N–H and O–H groups in total. The molecule has 0 bridgehead atoms. The monoisotopic (exact) mass is 447 g/mol. The number of benzene rings is 2. The summed E-state index contributed by atoms with van der Waals surface area (Å²) in [6.45, 7) is 4.17. The summed E-state index contributed by atoms with van der Waals surface area (Å²) in [7, 11) is 0. The van der Waals surface area contributed by atoms with Crippen LogP contribution in [0.3, 0.4) is 0 Å². The summed E-state index contributed by atoms with van der Waals surface area (Å²) in [5, 5.41) is 13.3. The van der Waals surface area contributed by atoms with Crippen LogP contribution in [0.2, 0.25) is 5.02 Å². The summed E-state index contributed by atoms with van der Waals surface area (Å²) in [5.74, 6) is -0.0209. The lowest BCUT2D eigenvalue weighted by atomic mass is 9.95. The van der Waals surface area contributed by atoms with Crippen LogP contribution in [0.25, 0.3) is 34.0 Å². The lowest BCUT2D eigenvalue weighted by molar-refractivity contribution is -0.137. The molecule has 162 valence electrons. The van der Waals surface area contributed by atoms with Crippen molar-refractivity contribution in [1.82, 2.24) is 15.1 Å². The predicted molar refractivity (Wildman–Crippen MR) is 123 cm³/mol. The van der Waals surface area contributed by atoms with Gasteiger partial charge in [-0.25, -0.2) is 0 Å². The number of aromatic nitrogens is 3. The molecule has 6 nitrogen and oxygen atoms in total. The van der Waals surface area contributed by atoms with Gasteiger partial charge in [0.2, 0.25) is 5.82 Å². The maximum atomic E-state index is 10.7. The van der Waals surface area contributed by atoms with Gasteiger partial charge in [0.05, 0.1) is 10.7 Å². The Hall–Kier alpha value is -3.51. The highest BCUT2D eigenvalue weighted by Crippen LogP contribution is 2.31. The first-order valence-electron chi connectivity index (χ1n) is 10.3. The Balaban J connectivity index is 1.55. The fourth-order valence-corrected chi connectivity index (χ4v) is 3.87. The molecule has 2 heterocycles. The van der Waals surface area contributed by atoms with E-state index in [4.69, 9.17) is 21.2 Å². The van der Waals surface area contributed by atoms with Crippen molar-refractivity contribution in [1.29, 1.82) is 0 Å². The van der Waals surface area contributed by atoms with E-state index in [2.05, 4.69) is 47.2 Å². The molecular weight excluding hydrogens is 426 g/mol. The van der Waals surface area contributed by atoms with Crippen molar-refractivity contribution in [2.75, 3.05) is 0 Å². The molecule has 0 unspecified atom stereocenters. The maximum Gasteiger partial charge on any atom is 0.303 e. The number of aliphatic carboxylic acids is 1. The minimum absolute atomic E-state index is 0.0794. The van der Waals surface area contributed by atoms with Crippen LogP contribution < -0.4 is 0 Å². The SMILES string of the molecule is Cc1ccccc1-c1ccc(-c2nc(-c3cnc(CCCC(=O)O)c(Cl)c3)no2)cc1C. The van der Waals surface area contributed by atoms with Gasteiger partial charge >= 0.3 is 5.97 Å². The number of hydrogen-bond acceptors (Lipinski definition) is 5. The molecule has 0 atom stereocenters. The second kappa shape index (κ2) is 9.32. The maximum absolute atomic E-state index is 10.7. The molecule has 4 aromatic rings. The number of hydrogen-bond donors (Lipinski definition) is 1. The van der Waals surface area contributed by atoms with Crippen molar-refractivity contribution in [3.8, 4) is 34.0 Å². The Bertz CT molecular complexity index is 1280. The highest BCUT2D eigenvalue weighted by molar-refractivity contribution is 6.31. The summed E-state index contributed by atoms with van der Waals surface area (Å²) in [6.07, 6.45) is 2.68. The van der Waals surface area contributed by atoms with Gasteiger partial charge in [-0.1, -0.05) is 47.1 Å². The molecule has 7 heteroatoms. The number of aryl methyl sites for hydroxylation is 3. The normalized spacial score (nSPS) is 11.0. The van der Waals surface area contributed by atoms with E-state index in [9.17, 15) is 4.79 Å². The van der Waals surface area contributed by atoms with Crippen molar-refractivity contribution in [2.24, 2.45) is 0 Å². The van der Waals surface area contributed by atoms with Gasteiger partial charge in [0, 0.05) is 23.7 Å². The van der Waals surface area contributed by atoms with Gasteiger partial charge in [0.1, 0.15) is 0 Å². The number of carboxylic acid groups (broad SMARTS) is 1. The average molecular weight is 448 g/mol. The molecule has 0 spiro atoms. The Kier molecular flexibility index (Phi) is 6.32. The predicted octanol–water partition coefficient (Wildman–Crippen LogP) is 6.14. The Morgan fingerprint density at radius 1 is 1.03 bits per heavy atom. The largest absolute Gasteiger partial charge is 0.481 e. The van der Waals surface area contributed by atoms with Gasteiger partial charge in [0.25, 0.3) is 5.89 Å². The van der Waals surface area contributed by atoms with E-state index in [0.29, 0.717) is 40.8 Å². The molecule has 0 aliphatic rings. The van der Waals surface area contributed by atoms with E-state index in [1.807, 2.05) is 24.3 Å². The number of carboxylic acids is 1. The van der Waals surface area contributed by atoms with E-state index in [0.717, 1.165) is 11.1 Å². The molecule has 0 saturated heterocycles. The Morgan fingerprint density at radius 3 is 2.53 bits per heavy atom. The van der Waals surface area contributed by atoms with E-state index < -0.39 is 5.97 Å². The van der Waals surface area contributed by atoms with E-state index in [1.54, 1.807) is 12.3 Å². The molecule has 0 radical (unpaired) electrons. The zero-order valence-corrected chi connectivity index (χ0v) is 18.6. The Morgan fingerprint density at radius 2 is 1.81 bits per heavy atom. The summed E-state index contributed by atoms with van der Waals surface area (Å²) < 4.78 is 5.49.